The van der Waals surface area contributed by atoms with Crippen LogP contribution >= 0.6 is 11.6 Å². The number of phenolic OH excluding ortho intramolecular Hbond substituents is 1. The van der Waals surface area contributed by atoms with Gasteiger partial charge >= 0.3 is 5.97 Å². The number of phenols is 1. The Kier molecular flexibility index (Phi) is 3.98. The summed E-state index contributed by atoms with van der Waals surface area (Å²) in [7, 11) is 1.38. The molecule has 0 aliphatic carbocycles. The number of carboxylic acids is 1. The predicted molar refractivity (Wildman–Crippen MR) is 58.9 cm³/mol. The number of aromatic hydroxyl groups is 1. The molecule has 0 aliphatic heterocycles. The Morgan fingerprint density at radius 1 is 1.62 bits per heavy atom. The Balaban J connectivity index is 3.08. The molecule has 0 heterocycles. The summed E-state index contributed by atoms with van der Waals surface area (Å²) in [5.74, 6) is -0.922. The van der Waals surface area contributed by atoms with Gasteiger partial charge in [0.2, 0.25) is 0 Å². The average Bonchev–Trinajstić information content (AvgIpc) is 2.16. The summed E-state index contributed by atoms with van der Waals surface area (Å²) in [5, 5.41) is 18.2. The Morgan fingerprint density at radius 2 is 2.25 bits per heavy atom. The number of hydrogen-bond acceptors (Lipinski definition) is 4. The summed E-state index contributed by atoms with van der Waals surface area (Å²) in [5.41, 5.74) is 6.10. The molecular formula is C10H12ClNO4. The third-order valence-corrected chi connectivity index (χ3v) is 2.42. The van der Waals surface area contributed by atoms with Crippen molar-refractivity contribution in [1.29, 1.82) is 0 Å². The molecule has 0 saturated carbocycles. The number of benzene rings is 1. The fourth-order valence-corrected chi connectivity index (χ4v) is 1.60. The average molecular weight is 246 g/mol. The maximum Gasteiger partial charge on any atom is 0.305 e. The summed E-state index contributed by atoms with van der Waals surface area (Å²) in [4.78, 5) is 10.5. The van der Waals surface area contributed by atoms with Crippen LogP contribution in [0, 0.1) is 0 Å². The van der Waals surface area contributed by atoms with Gasteiger partial charge in [-0.2, -0.15) is 0 Å². The topological polar surface area (TPSA) is 92.8 Å². The fraction of sp³-hybridized carbons (Fsp3) is 0.300. The molecule has 16 heavy (non-hydrogen) atoms. The molecule has 6 heteroatoms. The standard InChI is InChI=1S/C10H12ClNO4/c1-16-9-2-5(6(11)3-8(9)13)7(12)4-10(14)15/h2-3,7,13H,4,12H2,1H3,(H,14,15). The highest BCUT2D eigenvalue weighted by molar-refractivity contribution is 6.31. The zero-order valence-electron chi connectivity index (χ0n) is 8.61. The van der Waals surface area contributed by atoms with Crippen LogP contribution in [0.15, 0.2) is 12.1 Å². The van der Waals surface area contributed by atoms with Crippen molar-refractivity contribution in [3.05, 3.63) is 22.7 Å². The summed E-state index contributed by atoms with van der Waals surface area (Å²) < 4.78 is 4.88. The van der Waals surface area contributed by atoms with Gasteiger partial charge in [-0.15, -0.1) is 0 Å². The van der Waals surface area contributed by atoms with Gasteiger partial charge in [0.25, 0.3) is 0 Å². The molecule has 1 unspecified atom stereocenters. The Morgan fingerprint density at radius 3 is 2.75 bits per heavy atom. The smallest absolute Gasteiger partial charge is 0.305 e. The zero-order chi connectivity index (χ0) is 12.3. The molecule has 5 nitrogen and oxygen atoms in total. The summed E-state index contributed by atoms with van der Waals surface area (Å²) in [6.45, 7) is 0. The van der Waals surface area contributed by atoms with E-state index in [1.807, 2.05) is 0 Å². The minimum atomic E-state index is -1.02. The van der Waals surface area contributed by atoms with Crippen molar-refractivity contribution in [2.45, 2.75) is 12.5 Å². The number of ether oxygens (including phenoxy) is 1. The van der Waals surface area contributed by atoms with Crippen LogP contribution in [-0.4, -0.2) is 23.3 Å². The van der Waals surface area contributed by atoms with Crippen LogP contribution in [0.5, 0.6) is 11.5 Å². The largest absolute Gasteiger partial charge is 0.504 e. The van der Waals surface area contributed by atoms with E-state index in [0.717, 1.165) is 0 Å². The van der Waals surface area contributed by atoms with E-state index in [4.69, 9.17) is 27.2 Å². The number of aliphatic carboxylic acids is 1. The number of hydrogen-bond donors (Lipinski definition) is 3. The quantitative estimate of drug-likeness (QED) is 0.748. The Bertz CT molecular complexity index is 408. The monoisotopic (exact) mass is 245 g/mol. The van der Waals surface area contributed by atoms with E-state index in [1.165, 1.54) is 19.2 Å². The Labute approximate surface area is 97.4 Å². The van der Waals surface area contributed by atoms with Crippen molar-refractivity contribution in [1.82, 2.24) is 0 Å². The van der Waals surface area contributed by atoms with Gasteiger partial charge in [0, 0.05) is 17.1 Å². The van der Waals surface area contributed by atoms with Crippen molar-refractivity contribution < 1.29 is 19.7 Å². The number of halogens is 1. The lowest BCUT2D eigenvalue weighted by Crippen LogP contribution is -2.15. The third-order valence-electron chi connectivity index (χ3n) is 2.09. The SMILES string of the molecule is COc1cc(C(N)CC(=O)O)c(Cl)cc1O. The maximum atomic E-state index is 10.5. The molecule has 0 amide bonds. The lowest BCUT2D eigenvalue weighted by molar-refractivity contribution is -0.137. The van der Waals surface area contributed by atoms with Crippen LogP contribution in [0.3, 0.4) is 0 Å². The van der Waals surface area contributed by atoms with E-state index >= 15 is 0 Å². The van der Waals surface area contributed by atoms with Crippen molar-refractivity contribution in [2.75, 3.05) is 7.11 Å². The first kappa shape index (κ1) is 12.6. The van der Waals surface area contributed by atoms with Crippen LogP contribution < -0.4 is 10.5 Å². The molecule has 88 valence electrons. The number of carbonyl (C=O) groups is 1. The lowest BCUT2D eigenvalue weighted by Gasteiger charge is -2.13. The van der Waals surface area contributed by atoms with E-state index in [1.54, 1.807) is 0 Å². The molecule has 1 aromatic rings. The highest BCUT2D eigenvalue weighted by Crippen LogP contribution is 2.35. The van der Waals surface area contributed by atoms with Crippen LogP contribution in [0.1, 0.15) is 18.0 Å². The van der Waals surface area contributed by atoms with Crippen molar-refractivity contribution in [3.8, 4) is 11.5 Å². The molecule has 0 aromatic heterocycles. The van der Waals surface area contributed by atoms with Gasteiger partial charge in [0.15, 0.2) is 11.5 Å². The first-order chi connectivity index (χ1) is 7.45. The van der Waals surface area contributed by atoms with Crippen LogP contribution in [0.4, 0.5) is 0 Å². The van der Waals surface area contributed by atoms with E-state index in [-0.39, 0.29) is 22.9 Å². The Hall–Kier alpha value is -1.46. The van der Waals surface area contributed by atoms with Crippen molar-refractivity contribution >= 4 is 17.6 Å². The molecule has 4 N–H and O–H groups in total. The number of rotatable bonds is 4. The van der Waals surface area contributed by atoms with Gasteiger partial charge in [-0.1, -0.05) is 11.6 Å². The van der Waals surface area contributed by atoms with Crippen molar-refractivity contribution in [3.63, 3.8) is 0 Å². The summed E-state index contributed by atoms with van der Waals surface area (Å²) >= 11 is 5.85. The van der Waals surface area contributed by atoms with Gasteiger partial charge in [-0.25, -0.2) is 0 Å². The van der Waals surface area contributed by atoms with E-state index < -0.39 is 12.0 Å². The first-order valence-electron chi connectivity index (χ1n) is 4.49. The third kappa shape index (κ3) is 2.77. The normalized spacial score (nSPS) is 12.2. The van der Waals surface area contributed by atoms with Crippen LogP contribution in [0.25, 0.3) is 0 Å². The molecule has 1 atom stereocenters. The lowest BCUT2D eigenvalue weighted by atomic mass is 10.0. The number of nitrogens with two attached hydrogens (primary N) is 1. The molecule has 0 spiro atoms. The minimum absolute atomic E-state index is 0.112. The number of methoxy groups -OCH3 is 1. The predicted octanol–water partition coefficient (Wildman–Crippen LogP) is 1.53. The molecule has 0 aliphatic rings. The van der Waals surface area contributed by atoms with E-state index in [2.05, 4.69) is 0 Å². The van der Waals surface area contributed by atoms with E-state index in [9.17, 15) is 9.90 Å². The van der Waals surface area contributed by atoms with Crippen LogP contribution in [0.2, 0.25) is 5.02 Å². The van der Waals surface area contributed by atoms with Gasteiger partial charge in [0.05, 0.1) is 13.5 Å². The fourth-order valence-electron chi connectivity index (χ4n) is 1.30. The molecular weight excluding hydrogens is 234 g/mol. The van der Waals surface area contributed by atoms with Gasteiger partial charge in [0.1, 0.15) is 0 Å². The molecule has 1 aromatic carbocycles. The van der Waals surface area contributed by atoms with Crippen LogP contribution in [-0.2, 0) is 4.79 Å². The minimum Gasteiger partial charge on any atom is -0.504 e. The van der Waals surface area contributed by atoms with Gasteiger partial charge < -0.3 is 20.7 Å². The molecule has 1 rings (SSSR count). The highest BCUT2D eigenvalue weighted by Gasteiger charge is 2.16. The van der Waals surface area contributed by atoms with Gasteiger partial charge in [-0.3, -0.25) is 4.79 Å². The molecule has 0 bridgehead atoms. The molecule has 0 saturated heterocycles. The van der Waals surface area contributed by atoms with E-state index in [0.29, 0.717) is 5.56 Å². The van der Waals surface area contributed by atoms with Crippen molar-refractivity contribution in [2.24, 2.45) is 5.73 Å². The number of carboxylic acid groups (broad SMARTS) is 1. The second-order valence-corrected chi connectivity index (χ2v) is 3.66. The maximum absolute atomic E-state index is 10.5. The molecule has 0 fully saturated rings. The zero-order valence-corrected chi connectivity index (χ0v) is 9.36. The first-order valence-corrected chi connectivity index (χ1v) is 4.87. The summed E-state index contributed by atoms with van der Waals surface area (Å²) in [6.07, 6.45) is -0.242. The second-order valence-electron chi connectivity index (χ2n) is 3.25. The second kappa shape index (κ2) is 5.05. The van der Waals surface area contributed by atoms with Gasteiger partial charge in [-0.05, 0) is 11.6 Å². The molecule has 0 radical (unpaired) electrons. The highest BCUT2D eigenvalue weighted by atomic mass is 35.5. The summed E-state index contributed by atoms with van der Waals surface area (Å²) in [6, 6.07) is 1.97.